The molecule has 0 aliphatic rings. The fraction of sp³-hybridized carbons (Fsp3) is 0.167. The van der Waals surface area contributed by atoms with Gasteiger partial charge in [0.15, 0.2) is 11.5 Å². The van der Waals surface area contributed by atoms with Crippen LogP contribution in [0.25, 0.3) is 11.1 Å². The molecule has 4 aromatic carbocycles. The van der Waals surface area contributed by atoms with Crippen molar-refractivity contribution in [3.8, 4) is 11.5 Å². The lowest BCUT2D eigenvalue weighted by molar-refractivity contribution is 0.286. The van der Waals surface area contributed by atoms with Gasteiger partial charge in [0.1, 0.15) is 30.2 Å². The zero-order valence-corrected chi connectivity index (χ0v) is 19.2. The molecule has 1 atom stereocenters. The van der Waals surface area contributed by atoms with Gasteiger partial charge in [-0.1, -0.05) is 85.8 Å². The summed E-state index contributed by atoms with van der Waals surface area (Å²) in [6, 6.07) is 34.3. The second kappa shape index (κ2) is 10.3. The maximum atomic E-state index is 6.30. The van der Waals surface area contributed by atoms with Crippen LogP contribution in [-0.2, 0) is 19.6 Å². The molecule has 170 valence electrons. The van der Waals surface area contributed by atoms with E-state index in [4.69, 9.17) is 13.9 Å². The topological polar surface area (TPSA) is 44.5 Å². The number of para-hydroxylation sites is 2. The number of hydrogen-bond donors (Lipinski definition) is 0. The lowest BCUT2D eigenvalue weighted by atomic mass is 9.96. The Hall–Kier alpha value is -4.05. The van der Waals surface area contributed by atoms with Crippen LogP contribution in [0.1, 0.15) is 35.4 Å². The van der Waals surface area contributed by atoms with E-state index in [1.54, 1.807) is 0 Å². The molecule has 0 radical (unpaired) electrons. The molecule has 5 aromatic rings. The van der Waals surface area contributed by atoms with Gasteiger partial charge in [0.2, 0.25) is 0 Å². The molecule has 34 heavy (non-hydrogen) atoms. The van der Waals surface area contributed by atoms with Gasteiger partial charge >= 0.3 is 0 Å². The Kier molecular flexibility index (Phi) is 6.57. The molecule has 4 nitrogen and oxygen atoms in total. The van der Waals surface area contributed by atoms with Crippen LogP contribution in [0.5, 0.6) is 11.5 Å². The van der Waals surface area contributed by atoms with E-state index >= 15 is 0 Å². The molecular formula is C30H27NO3. The number of hydrogen-bond acceptors (Lipinski definition) is 4. The van der Waals surface area contributed by atoms with Crippen LogP contribution in [0.3, 0.4) is 0 Å². The van der Waals surface area contributed by atoms with Crippen molar-refractivity contribution in [1.82, 2.24) is 4.98 Å². The molecule has 1 heterocycles. The number of rotatable bonds is 9. The van der Waals surface area contributed by atoms with Crippen LogP contribution in [0.2, 0.25) is 0 Å². The highest BCUT2D eigenvalue weighted by Crippen LogP contribution is 2.34. The standard InChI is InChI=1S/C30H27NO3/c1-22(18-30-31-27-14-8-9-15-28(27)34-30)26-17-16-25(32-20-23-10-4-2-5-11-23)19-29(26)33-21-24-12-6-3-7-13-24/h2-17,19,22H,18,20-21H2,1H3. The first kappa shape index (κ1) is 21.8. The lowest BCUT2D eigenvalue weighted by Crippen LogP contribution is -2.05. The normalized spacial score (nSPS) is 11.9. The number of ether oxygens (including phenoxy) is 2. The number of oxazole rings is 1. The van der Waals surface area contributed by atoms with E-state index < -0.39 is 0 Å². The van der Waals surface area contributed by atoms with E-state index in [1.165, 1.54) is 0 Å². The van der Waals surface area contributed by atoms with Gasteiger partial charge in [-0.3, -0.25) is 0 Å². The van der Waals surface area contributed by atoms with Crippen molar-refractivity contribution in [3.63, 3.8) is 0 Å². The molecule has 0 saturated carbocycles. The van der Waals surface area contributed by atoms with E-state index in [0.29, 0.717) is 19.6 Å². The minimum Gasteiger partial charge on any atom is -0.489 e. The quantitative estimate of drug-likeness (QED) is 0.236. The van der Waals surface area contributed by atoms with Gasteiger partial charge in [-0.25, -0.2) is 4.98 Å². The second-order valence-corrected chi connectivity index (χ2v) is 8.43. The SMILES string of the molecule is CC(Cc1nc2ccccc2o1)c1ccc(OCc2ccccc2)cc1OCc1ccccc1. The van der Waals surface area contributed by atoms with Crippen LogP contribution in [0.15, 0.2) is 108 Å². The Labute approximate surface area is 199 Å². The molecule has 0 bridgehead atoms. The molecule has 5 rings (SSSR count). The molecule has 0 N–H and O–H groups in total. The first-order valence-electron chi connectivity index (χ1n) is 11.6. The maximum Gasteiger partial charge on any atom is 0.196 e. The molecule has 0 amide bonds. The molecule has 0 saturated heterocycles. The zero-order valence-electron chi connectivity index (χ0n) is 19.2. The van der Waals surface area contributed by atoms with E-state index in [9.17, 15) is 0 Å². The minimum absolute atomic E-state index is 0.155. The van der Waals surface area contributed by atoms with Crippen LogP contribution in [0.4, 0.5) is 0 Å². The van der Waals surface area contributed by atoms with Gasteiger partial charge < -0.3 is 13.9 Å². The molecule has 4 heteroatoms. The molecule has 1 unspecified atom stereocenters. The Morgan fingerprint density at radius 2 is 1.38 bits per heavy atom. The smallest absolute Gasteiger partial charge is 0.196 e. The third-order valence-electron chi connectivity index (χ3n) is 5.82. The highest BCUT2D eigenvalue weighted by Gasteiger charge is 2.17. The van der Waals surface area contributed by atoms with Gasteiger partial charge in [0, 0.05) is 12.5 Å². The van der Waals surface area contributed by atoms with Crippen molar-refractivity contribution in [2.75, 3.05) is 0 Å². The van der Waals surface area contributed by atoms with E-state index in [1.807, 2.05) is 72.8 Å². The van der Waals surface area contributed by atoms with Crippen molar-refractivity contribution in [3.05, 3.63) is 126 Å². The van der Waals surface area contributed by atoms with Gasteiger partial charge in [-0.15, -0.1) is 0 Å². The van der Waals surface area contributed by atoms with Gasteiger partial charge in [-0.2, -0.15) is 0 Å². The zero-order chi connectivity index (χ0) is 23.2. The summed E-state index contributed by atoms with van der Waals surface area (Å²) in [4.78, 5) is 4.65. The number of fused-ring (bicyclic) bond motifs is 1. The van der Waals surface area contributed by atoms with Crippen molar-refractivity contribution in [1.29, 1.82) is 0 Å². The van der Waals surface area contributed by atoms with E-state index in [2.05, 4.69) is 42.2 Å². The predicted octanol–water partition coefficient (Wildman–Crippen LogP) is 7.33. The number of benzene rings is 4. The van der Waals surface area contributed by atoms with Crippen LogP contribution in [-0.4, -0.2) is 4.98 Å². The molecule has 0 aliphatic carbocycles. The largest absolute Gasteiger partial charge is 0.489 e. The fourth-order valence-corrected chi connectivity index (χ4v) is 3.99. The summed E-state index contributed by atoms with van der Waals surface area (Å²) in [5.74, 6) is 2.48. The maximum absolute atomic E-state index is 6.30. The summed E-state index contributed by atoms with van der Waals surface area (Å²) in [5, 5.41) is 0. The van der Waals surface area contributed by atoms with Crippen molar-refractivity contribution in [2.45, 2.75) is 32.5 Å². The highest BCUT2D eigenvalue weighted by atomic mass is 16.5. The monoisotopic (exact) mass is 449 g/mol. The lowest BCUT2D eigenvalue weighted by Gasteiger charge is -2.18. The van der Waals surface area contributed by atoms with E-state index in [-0.39, 0.29) is 5.92 Å². The van der Waals surface area contributed by atoms with Gasteiger partial charge in [0.05, 0.1) is 0 Å². The van der Waals surface area contributed by atoms with Crippen LogP contribution < -0.4 is 9.47 Å². The van der Waals surface area contributed by atoms with Crippen LogP contribution >= 0.6 is 0 Å². The van der Waals surface area contributed by atoms with Gasteiger partial charge in [0.25, 0.3) is 0 Å². The third-order valence-corrected chi connectivity index (χ3v) is 5.82. The summed E-state index contributed by atoms with van der Waals surface area (Å²) in [6.45, 7) is 3.17. The Bertz CT molecular complexity index is 1310. The summed E-state index contributed by atoms with van der Waals surface area (Å²) in [7, 11) is 0. The summed E-state index contributed by atoms with van der Waals surface area (Å²) in [5.41, 5.74) is 5.05. The molecule has 0 fully saturated rings. The number of nitrogens with zero attached hydrogens (tertiary/aromatic N) is 1. The molecular weight excluding hydrogens is 422 g/mol. The van der Waals surface area contributed by atoms with Crippen molar-refractivity contribution < 1.29 is 13.9 Å². The highest BCUT2D eigenvalue weighted by molar-refractivity contribution is 5.72. The number of aromatic nitrogens is 1. The van der Waals surface area contributed by atoms with Crippen molar-refractivity contribution >= 4 is 11.1 Å². The first-order valence-corrected chi connectivity index (χ1v) is 11.6. The summed E-state index contributed by atoms with van der Waals surface area (Å²) in [6.07, 6.45) is 0.681. The Morgan fingerprint density at radius 3 is 2.09 bits per heavy atom. The van der Waals surface area contributed by atoms with Gasteiger partial charge in [-0.05, 0) is 40.8 Å². The molecule has 0 aliphatic heterocycles. The summed E-state index contributed by atoms with van der Waals surface area (Å²) >= 11 is 0. The summed E-state index contributed by atoms with van der Waals surface area (Å²) < 4.78 is 18.3. The fourth-order valence-electron chi connectivity index (χ4n) is 3.99. The molecule has 1 aromatic heterocycles. The first-order chi connectivity index (χ1) is 16.7. The third kappa shape index (κ3) is 5.29. The Balaban J connectivity index is 1.37. The van der Waals surface area contributed by atoms with Crippen LogP contribution in [0, 0.1) is 0 Å². The predicted molar refractivity (Wildman–Crippen MR) is 134 cm³/mol. The average Bonchev–Trinajstić information content (AvgIpc) is 3.30. The minimum atomic E-state index is 0.155. The van der Waals surface area contributed by atoms with Crippen molar-refractivity contribution in [2.24, 2.45) is 0 Å². The molecule has 0 spiro atoms. The Morgan fingerprint density at radius 1 is 0.735 bits per heavy atom. The second-order valence-electron chi connectivity index (χ2n) is 8.43. The van der Waals surface area contributed by atoms with E-state index in [0.717, 1.165) is 45.2 Å². The average molecular weight is 450 g/mol.